The van der Waals surface area contributed by atoms with Gasteiger partial charge in [-0.1, -0.05) is 30.3 Å². The van der Waals surface area contributed by atoms with E-state index in [0.29, 0.717) is 12.1 Å². The molecule has 2 heterocycles. The minimum absolute atomic E-state index is 0.674. The first-order valence-corrected chi connectivity index (χ1v) is 10.8. The van der Waals surface area contributed by atoms with Gasteiger partial charge in [0.05, 0.1) is 18.0 Å². The first kappa shape index (κ1) is 16.0. The maximum Gasteiger partial charge on any atom is 0.0880 e. The SMILES string of the molecule is c1ccc2c(c1)NCN2C1CCN(C2CC3CCCc4cccc2c43)CC1. The molecule has 2 atom stereocenters. The van der Waals surface area contributed by atoms with Crippen molar-refractivity contribution in [3.8, 4) is 0 Å². The molecule has 1 N–H and O–H groups in total. The molecular weight excluding hydrogens is 330 g/mol. The summed E-state index contributed by atoms with van der Waals surface area (Å²) in [5, 5.41) is 3.57. The Morgan fingerprint density at radius 3 is 2.74 bits per heavy atom. The molecule has 2 aliphatic carbocycles. The molecule has 140 valence electrons. The van der Waals surface area contributed by atoms with Gasteiger partial charge in [0.25, 0.3) is 0 Å². The van der Waals surface area contributed by atoms with Crippen LogP contribution in [-0.4, -0.2) is 30.7 Å². The Morgan fingerprint density at radius 1 is 0.926 bits per heavy atom. The van der Waals surface area contributed by atoms with Crippen molar-refractivity contribution in [2.75, 3.05) is 30.0 Å². The van der Waals surface area contributed by atoms with Gasteiger partial charge in [0.15, 0.2) is 0 Å². The lowest BCUT2D eigenvalue weighted by molar-refractivity contribution is 0.146. The standard InChI is InChI=1S/C24H29N3/c1-2-10-22-21(9-1)25-16-27(22)19-11-13-26(14-12-19)23-15-18-7-3-5-17-6-4-8-20(23)24(17)18/h1-2,4,6,8-10,18-19,23,25H,3,5,7,11-16H2. The van der Waals surface area contributed by atoms with Gasteiger partial charge in [-0.2, -0.15) is 0 Å². The van der Waals surface area contributed by atoms with Crippen LogP contribution in [0.3, 0.4) is 0 Å². The third-order valence-electron chi connectivity index (χ3n) is 7.54. The van der Waals surface area contributed by atoms with Gasteiger partial charge in [-0.15, -0.1) is 0 Å². The predicted octanol–water partition coefficient (Wildman–Crippen LogP) is 4.91. The van der Waals surface area contributed by atoms with Crippen molar-refractivity contribution >= 4 is 11.4 Å². The third-order valence-corrected chi connectivity index (χ3v) is 7.54. The van der Waals surface area contributed by atoms with Gasteiger partial charge >= 0.3 is 0 Å². The Labute approximate surface area is 162 Å². The van der Waals surface area contributed by atoms with Crippen molar-refractivity contribution in [2.45, 2.75) is 56.5 Å². The number of aryl methyl sites for hydroxylation is 1. The van der Waals surface area contributed by atoms with Gasteiger partial charge in [-0.3, -0.25) is 4.90 Å². The van der Waals surface area contributed by atoms with E-state index in [4.69, 9.17) is 0 Å². The zero-order valence-electron chi connectivity index (χ0n) is 16.0. The van der Waals surface area contributed by atoms with E-state index < -0.39 is 0 Å². The van der Waals surface area contributed by atoms with Gasteiger partial charge in [0, 0.05) is 25.2 Å². The second-order valence-electron chi connectivity index (χ2n) is 8.85. The van der Waals surface area contributed by atoms with Crippen LogP contribution in [0.5, 0.6) is 0 Å². The molecule has 3 nitrogen and oxygen atoms in total. The van der Waals surface area contributed by atoms with E-state index in [1.807, 2.05) is 0 Å². The lowest BCUT2D eigenvalue weighted by atomic mass is 9.84. The van der Waals surface area contributed by atoms with E-state index in [0.717, 1.165) is 12.6 Å². The molecule has 0 bridgehead atoms. The van der Waals surface area contributed by atoms with Gasteiger partial charge in [0.2, 0.25) is 0 Å². The van der Waals surface area contributed by atoms with Crippen molar-refractivity contribution in [3.05, 3.63) is 59.2 Å². The third kappa shape index (κ3) is 2.51. The Bertz CT molecular complexity index is 852. The number of hydrogen-bond donors (Lipinski definition) is 1. The number of anilines is 2. The summed E-state index contributed by atoms with van der Waals surface area (Å²) in [5.41, 5.74) is 7.77. The molecule has 1 saturated heterocycles. The molecule has 0 spiro atoms. The fourth-order valence-electron chi connectivity index (χ4n) is 6.26. The maximum absolute atomic E-state index is 3.57. The predicted molar refractivity (Wildman–Crippen MR) is 111 cm³/mol. The van der Waals surface area contributed by atoms with Crippen LogP contribution in [-0.2, 0) is 6.42 Å². The van der Waals surface area contributed by atoms with Gasteiger partial charge in [-0.25, -0.2) is 0 Å². The molecule has 0 amide bonds. The number of nitrogens with zero attached hydrogens (tertiary/aromatic N) is 2. The summed E-state index contributed by atoms with van der Waals surface area (Å²) < 4.78 is 0. The summed E-state index contributed by atoms with van der Waals surface area (Å²) in [7, 11) is 0. The molecule has 1 fully saturated rings. The first-order valence-electron chi connectivity index (χ1n) is 10.8. The number of likely N-dealkylation sites (tertiary alicyclic amines) is 1. The molecule has 2 aliphatic heterocycles. The number of piperidine rings is 1. The van der Waals surface area contributed by atoms with E-state index in [-0.39, 0.29) is 0 Å². The number of nitrogens with one attached hydrogen (secondary N) is 1. The first-order chi connectivity index (χ1) is 13.4. The fourth-order valence-corrected chi connectivity index (χ4v) is 6.26. The summed E-state index contributed by atoms with van der Waals surface area (Å²) in [6.45, 7) is 3.45. The second-order valence-corrected chi connectivity index (χ2v) is 8.85. The van der Waals surface area contributed by atoms with Crippen molar-refractivity contribution in [1.29, 1.82) is 0 Å². The quantitative estimate of drug-likeness (QED) is 0.822. The summed E-state index contributed by atoms with van der Waals surface area (Å²) in [4.78, 5) is 5.41. The van der Waals surface area contributed by atoms with Gasteiger partial charge < -0.3 is 10.2 Å². The number of para-hydroxylation sites is 2. The molecule has 2 aromatic carbocycles. The minimum atomic E-state index is 0.674. The van der Waals surface area contributed by atoms with Crippen LogP contribution >= 0.6 is 0 Å². The van der Waals surface area contributed by atoms with Gasteiger partial charge in [0.1, 0.15) is 0 Å². The molecule has 6 rings (SSSR count). The van der Waals surface area contributed by atoms with Crippen molar-refractivity contribution < 1.29 is 0 Å². The van der Waals surface area contributed by atoms with Crippen LogP contribution in [0.15, 0.2) is 42.5 Å². The highest BCUT2D eigenvalue weighted by molar-refractivity contribution is 5.74. The van der Waals surface area contributed by atoms with E-state index in [2.05, 4.69) is 57.6 Å². The highest BCUT2D eigenvalue weighted by atomic mass is 15.3. The molecular formula is C24H29N3. The van der Waals surface area contributed by atoms with Crippen LogP contribution in [0, 0.1) is 0 Å². The average Bonchev–Trinajstić information content (AvgIpc) is 3.32. The lowest BCUT2D eigenvalue weighted by Gasteiger charge is -2.40. The molecule has 0 radical (unpaired) electrons. The van der Waals surface area contributed by atoms with Crippen LogP contribution in [0.4, 0.5) is 11.4 Å². The second kappa shape index (κ2) is 6.27. The summed E-state index contributed by atoms with van der Waals surface area (Å²) in [6, 6.07) is 17.3. The summed E-state index contributed by atoms with van der Waals surface area (Å²) in [5.74, 6) is 0.835. The number of rotatable bonds is 2. The number of fused-ring (bicyclic) bond motifs is 1. The van der Waals surface area contributed by atoms with Crippen LogP contribution in [0.1, 0.15) is 60.8 Å². The Balaban J connectivity index is 1.19. The lowest BCUT2D eigenvalue weighted by Crippen LogP contribution is -2.45. The average molecular weight is 360 g/mol. The highest BCUT2D eigenvalue weighted by Crippen LogP contribution is 2.50. The van der Waals surface area contributed by atoms with Crippen molar-refractivity contribution in [1.82, 2.24) is 4.90 Å². The Kier molecular flexibility index (Phi) is 3.72. The minimum Gasteiger partial charge on any atom is -0.366 e. The largest absolute Gasteiger partial charge is 0.366 e. The zero-order valence-corrected chi connectivity index (χ0v) is 16.0. The fraction of sp³-hybridized carbons (Fsp3) is 0.500. The molecule has 0 aromatic heterocycles. The van der Waals surface area contributed by atoms with E-state index in [1.54, 1.807) is 16.7 Å². The molecule has 2 unspecified atom stereocenters. The Hall–Kier alpha value is -2.00. The van der Waals surface area contributed by atoms with Gasteiger partial charge in [-0.05, 0) is 73.3 Å². The van der Waals surface area contributed by atoms with Crippen molar-refractivity contribution in [2.24, 2.45) is 0 Å². The molecule has 2 aromatic rings. The van der Waals surface area contributed by atoms with Crippen molar-refractivity contribution in [3.63, 3.8) is 0 Å². The molecule has 27 heavy (non-hydrogen) atoms. The maximum atomic E-state index is 3.57. The molecule has 4 aliphatic rings. The van der Waals surface area contributed by atoms with Crippen LogP contribution < -0.4 is 10.2 Å². The van der Waals surface area contributed by atoms with Crippen LogP contribution in [0.2, 0.25) is 0 Å². The molecule has 3 heteroatoms. The molecule has 0 saturated carbocycles. The highest BCUT2D eigenvalue weighted by Gasteiger charge is 2.39. The van der Waals surface area contributed by atoms with E-state index >= 15 is 0 Å². The number of benzene rings is 2. The summed E-state index contributed by atoms with van der Waals surface area (Å²) >= 11 is 0. The normalized spacial score (nSPS) is 27.3. The van der Waals surface area contributed by atoms with E-state index in [1.165, 1.54) is 63.0 Å². The topological polar surface area (TPSA) is 18.5 Å². The van der Waals surface area contributed by atoms with E-state index in [9.17, 15) is 0 Å². The zero-order chi connectivity index (χ0) is 17.8. The monoisotopic (exact) mass is 359 g/mol. The summed E-state index contributed by atoms with van der Waals surface area (Å²) in [6.07, 6.45) is 8.03. The number of hydrogen-bond acceptors (Lipinski definition) is 3. The van der Waals surface area contributed by atoms with Crippen LogP contribution in [0.25, 0.3) is 0 Å². The Morgan fingerprint density at radius 2 is 1.81 bits per heavy atom. The smallest absolute Gasteiger partial charge is 0.0880 e.